The van der Waals surface area contributed by atoms with Gasteiger partial charge in [0.2, 0.25) is 5.89 Å². The molecular formula is C11H16N2O. The number of hydrogen-bond acceptors (Lipinski definition) is 3. The maximum atomic E-state index is 8.94. The Bertz CT molecular complexity index is 369. The first kappa shape index (κ1) is 10.8. The van der Waals surface area contributed by atoms with Gasteiger partial charge in [-0.05, 0) is 20.8 Å². The lowest BCUT2D eigenvalue weighted by Crippen LogP contribution is -2.14. The number of nitrogens with zero attached hydrogens (tertiary/aromatic N) is 2. The zero-order chi connectivity index (χ0) is 10.9. The molecule has 1 aromatic rings. The van der Waals surface area contributed by atoms with Gasteiger partial charge in [-0.15, -0.1) is 0 Å². The Balaban J connectivity index is 3.16. The fraction of sp³-hybridized carbons (Fsp3) is 0.636. The van der Waals surface area contributed by atoms with E-state index in [1.165, 1.54) is 0 Å². The number of aryl methyl sites for hydroxylation is 1. The van der Waals surface area contributed by atoms with Gasteiger partial charge in [-0.1, -0.05) is 13.8 Å². The van der Waals surface area contributed by atoms with E-state index in [1.807, 2.05) is 20.8 Å². The highest BCUT2D eigenvalue weighted by atomic mass is 16.4. The Morgan fingerprint density at radius 2 is 2.00 bits per heavy atom. The summed E-state index contributed by atoms with van der Waals surface area (Å²) in [4.78, 5) is 4.29. The minimum atomic E-state index is -0.641. The van der Waals surface area contributed by atoms with Crippen LogP contribution in [0, 0.1) is 18.3 Å². The maximum absolute atomic E-state index is 8.94. The van der Waals surface area contributed by atoms with Gasteiger partial charge in [0, 0.05) is 5.92 Å². The van der Waals surface area contributed by atoms with Crippen LogP contribution in [0.4, 0.5) is 0 Å². The summed E-state index contributed by atoms with van der Waals surface area (Å²) in [6.45, 7) is 9.63. The van der Waals surface area contributed by atoms with Crippen molar-refractivity contribution in [2.45, 2.75) is 46.0 Å². The van der Waals surface area contributed by atoms with Crippen LogP contribution in [-0.2, 0) is 5.41 Å². The largest absolute Gasteiger partial charge is 0.443 e. The van der Waals surface area contributed by atoms with Gasteiger partial charge in [0.25, 0.3) is 0 Å². The van der Waals surface area contributed by atoms with E-state index < -0.39 is 5.41 Å². The Labute approximate surface area is 84.8 Å². The fourth-order valence-corrected chi connectivity index (χ4v) is 1.26. The van der Waals surface area contributed by atoms with Gasteiger partial charge < -0.3 is 4.42 Å². The molecule has 0 atom stereocenters. The molecule has 1 heterocycles. The lowest BCUT2D eigenvalue weighted by atomic mass is 9.96. The zero-order valence-corrected chi connectivity index (χ0v) is 9.38. The Kier molecular flexibility index (Phi) is 2.66. The molecule has 3 nitrogen and oxygen atoms in total. The Morgan fingerprint density at radius 1 is 1.43 bits per heavy atom. The van der Waals surface area contributed by atoms with E-state index >= 15 is 0 Å². The highest BCUT2D eigenvalue weighted by Crippen LogP contribution is 2.27. The normalized spacial score (nSPS) is 11.8. The molecule has 0 amide bonds. The van der Waals surface area contributed by atoms with Crippen molar-refractivity contribution >= 4 is 0 Å². The van der Waals surface area contributed by atoms with E-state index in [1.54, 1.807) is 0 Å². The van der Waals surface area contributed by atoms with Crippen LogP contribution in [0.1, 0.15) is 51.0 Å². The third-order valence-corrected chi connectivity index (χ3v) is 2.17. The first-order valence-corrected chi connectivity index (χ1v) is 4.77. The summed E-state index contributed by atoms with van der Waals surface area (Å²) in [7, 11) is 0. The third kappa shape index (κ3) is 1.79. The quantitative estimate of drug-likeness (QED) is 0.723. The number of rotatable bonds is 2. The summed E-state index contributed by atoms with van der Waals surface area (Å²) in [5.41, 5.74) is 0.246. The number of aromatic nitrogens is 1. The Morgan fingerprint density at radius 3 is 2.36 bits per heavy atom. The van der Waals surface area contributed by atoms with Crippen LogP contribution in [0.3, 0.4) is 0 Å². The second kappa shape index (κ2) is 3.45. The first-order chi connectivity index (χ1) is 6.38. The maximum Gasteiger partial charge on any atom is 0.214 e. The lowest BCUT2D eigenvalue weighted by Gasteiger charge is -2.09. The molecule has 0 fully saturated rings. The van der Waals surface area contributed by atoms with Gasteiger partial charge in [0.15, 0.2) is 0 Å². The topological polar surface area (TPSA) is 49.8 Å². The molecule has 0 saturated carbocycles. The average molecular weight is 192 g/mol. The molecule has 0 N–H and O–H groups in total. The molecule has 76 valence electrons. The lowest BCUT2D eigenvalue weighted by molar-refractivity contribution is 0.390. The van der Waals surface area contributed by atoms with E-state index in [-0.39, 0.29) is 0 Å². The van der Waals surface area contributed by atoms with Crippen molar-refractivity contribution in [3.05, 3.63) is 17.3 Å². The van der Waals surface area contributed by atoms with Crippen LogP contribution in [0.25, 0.3) is 0 Å². The van der Waals surface area contributed by atoms with Crippen LogP contribution < -0.4 is 0 Å². The second-order valence-electron chi connectivity index (χ2n) is 4.36. The molecule has 0 spiro atoms. The van der Waals surface area contributed by atoms with Crippen molar-refractivity contribution in [3.8, 4) is 6.07 Å². The van der Waals surface area contributed by atoms with E-state index in [0.717, 1.165) is 11.5 Å². The monoisotopic (exact) mass is 192 g/mol. The predicted molar refractivity (Wildman–Crippen MR) is 54.0 cm³/mol. The van der Waals surface area contributed by atoms with Crippen LogP contribution in [0.2, 0.25) is 0 Å². The van der Waals surface area contributed by atoms with Crippen LogP contribution in [-0.4, -0.2) is 4.98 Å². The molecule has 14 heavy (non-hydrogen) atoms. The summed E-state index contributed by atoms with van der Waals surface area (Å²) >= 11 is 0. The van der Waals surface area contributed by atoms with Crippen molar-refractivity contribution in [2.75, 3.05) is 0 Å². The highest BCUT2D eigenvalue weighted by molar-refractivity contribution is 5.20. The molecule has 0 bridgehead atoms. The van der Waals surface area contributed by atoms with Gasteiger partial charge in [-0.2, -0.15) is 5.26 Å². The third-order valence-electron chi connectivity index (χ3n) is 2.17. The molecule has 3 heteroatoms. The van der Waals surface area contributed by atoms with Crippen molar-refractivity contribution < 1.29 is 4.42 Å². The van der Waals surface area contributed by atoms with E-state index in [2.05, 4.69) is 24.9 Å². The molecule has 0 aromatic carbocycles. The summed E-state index contributed by atoms with van der Waals surface area (Å²) < 4.78 is 5.60. The highest BCUT2D eigenvalue weighted by Gasteiger charge is 2.27. The first-order valence-electron chi connectivity index (χ1n) is 4.77. The average Bonchev–Trinajstić information content (AvgIpc) is 2.48. The standard InChI is InChI=1S/C11H16N2O/c1-7(2)9-8(3)13-10(14-9)11(4,5)6-12/h7H,1-5H3. The molecule has 0 radical (unpaired) electrons. The summed E-state index contributed by atoms with van der Waals surface area (Å²) in [5, 5.41) is 8.94. The van der Waals surface area contributed by atoms with E-state index in [9.17, 15) is 0 Å². The van der Waals surface area contributed by atoms with Gasteiger partial charge in [-0.3, -0.25) is 0 Å². The molecule has 0 unspecified atom stereocenters. The van der Waals surface area contributed by atoms with Crippen molar-refractivity contribution in [3.63, 3.8) is 0 Å². The van der Waals surface area contributed by atoms with Gasteiger partial charge in [0.05, 0.1) is 11.8 Å². The smallest absolute Gasteiger partial charge is 0.214 e. The fourth-order valence-electron chi connectivity index (χ4n) is 1.26. The van der Waals surface area contributed by atoms with E-state index in [4.69, 9.17) is 9.68 Å². The SMILES string of the molecule is Cc1nc(C(C)(C)C#N)oc1C(C)C. The van der Waals surface area contributed by atoms with Crippen molar-refractivity contribution in [2.24, 2.45) is 0 Å². The Hall–Kier alpha value is -1.30. The molecule has 0 saturated heterocycles. The summed E-state index contributed by atoms with van der Waals surface area (Å²) in [6.07, 6.45) is 0. The minimum absolute atomic E-state index is 0.311. The second-order valence-corrected chi connectivity index (χ2v) is 4.36. The van der Waals surface area contributed by atoms with Crippen molar-refractivity contribution in [1.82, 2.24) is 4.98 Å². The summed E-state index contributed by atoms with van der Waals surface area (Å²) in [6, 6.07) is 2.18. The van der Waals surface area contributed by atoms with Crippen molar-refractivity contribution in [1.29, 1.82) is 5.26 Å². The zero-order valence-electron chi connectivity index (χ0n) is 9.38. The molecule has 1 rings (SSSR count). The van der Waals surface area contributed by atoms with Crippen LogP contribution in [0.5, 0.6) is 0 Å². The molecular weight excluding hydrogens is 176 g/mol. The molecule has 0 aliphatic heterocycles. The van der Waals surface area contributed by atoms with E-state index in [0.29, 0.717) is 11.8 Å². The molecule has 0 aliphatic rings. The molecule has 1 aromatic heterocycles. The van der Waals surface area contributed by atoms with Gasteiger partial charge >= 0.3 is 0 Å². The van der Waals surface area contributed by atoms with Crippen LogP contribution in [0.15, 0.2) is 4.42 Å². The number of nitriles is 1. The predicted octanol–water partition coefficient (Wildman–Crippen LogP) is 2.91. The minimum Gasteiger partial charge on any atom is -0.443 e. The summed E-state index contributed by atoms with van der Waals surface area (Å²) in [5.74, 6) is 1.70. The molecule has 0 aliphatic carbocycles. The van der Waals surface area contributed by atoms with Gasteiger partial charge in [0.1, 0.15) is 11.2 Å². The number of hydrogen-bond donors (Lipinski definition) is 0. The number of oxazole rings is 1. The van der Waals surface area contributed by atoms with Gasteiger partial charge in [-0.25, -0.2) is 4.98 Å². The van der Waals surface area contributed by atoms with Crippen LogP contribution >= 0.6 is 0 Å².